The van der Waals surface area contributed by atoms with E-state index in [1.807, 2.05) is 25.1 Å². The first kappa shape index (κ1) is 15.8. The van der Waals surface area contributed by atoms with E-state index in [1.54, 1.807) is 11.0 Å². The largest absolute Gasteiger partial charge is 0.348 e. The minimum absolute atomic E-state index is 0.0802. The van der Waals surface area contributed by atoms with Crippen LogP contribution in [-0.2, 0) is 9.59 Å². The Kier molecular flexibility index (Phi) is 4.26. The molecular weight excluding hydrogens is 318 g/mol. The van der Waals surface area contributed by atoms with Crippen LogP contribution >= 0.6 is 11.6 Å². The third kappa shape index (κ3) is 3.32. The fourth-order valence-electron chi connectivity index (χ4n) is 2.72. The SMILES string of the molecule is CC(NC(=O)CN1C(=O)CN(C2CC2)C1=O)c1ccccc1Cl. The van der Waals surface area contributed by atoms with Crippen LogP contribution in [0, 0.1) is 0 Å². The Hall–Kier alpha value is -2.08. The van der Waals surface area contributed by atoms with Crippen molar-refractivity contribution in [1.82, 2.24) is 15.1 Å². The monoisotopic (exact) mass is 335 g/mol. The summed E-state index contributed by atoms with van der Waals surface area (Å²) < 4.78 is 0. The van der Waals surface area contributed by atoms with Gasteiger partial charge in [-0.2, -0.15) is 0 Å². The molecule has 7 heteroatoms. The van der Waals surface area contributed by atoms with Crippen LogP contribution in [0.2, 0.25) is 5.02 Å². The van der Waals surface area contributed by atoms with Crippen molar-refractivity contribution in [3.8, 4) is 0 Å². The summed E-state index contributed by atoms with van der Waals surface area (Å²) in [5.74, 6) is -0.695. The van der Waals surface area contributed by atoms with Crippen LogP contribution in [0.15, 0.2) is 24.3 Å². The van der Waals surface area contributed by atoms with Gasteiger partial charge in [-0.25, -0.2) is 4.79 Å². The molecule has 1 aliphatic heterocycles. The quantitative estimate of drug-likeness (QED) is 0.836. The molecule has 1 aromatic rings. The van der Waals surface area contributed by atoms with Gasteiger partial charge in [-0.3, -0.25) is 14.5 Å². The Morgan fingerprint density at radius 3 is 2.70 bits per heavy atom. The minimum Gasteiger partial charge on any atom is -0.348 e. The minimum atomic E-state index is -0.378. The highest BCUT2D eigenvalue weighted by molar-refractivity contribution is 6.31. The Morgan fingerprint density at radius 2 is 2.04 bits per heavy atom. The van der Waals surface area contributed by atoms with Gasteiger partial charge >= 0.3 is 6.03 Å². The number of nitrogens with zero attached hydrogens (tertiary/aromatic N) is 2. The number of amides is 4. The van der Waals surface area contributed by atoms with Crippen molar-refractivity contribution in [2.45, 2.75) is 31.8 Å². The molecule has 1 heterocycles. The molecule has 4 amide bonds. The number of carbonyl (C=O) groups is 3. The highest BCUT2D eigenvalue weighted by atomic mass is 35.5. The highest BCUT2D eigenvalue weighted by Gasteiger charge is 2.44. The molecule has 1 aromatic carbocycles. The first-order valence-electron chi connectivity index (χ1n) is 7.62. The van der Waals surface area contributed by atoms with Gasteiger partial charge in [-0.1, -0.05) is 29.8 Å². The maximum atomic E-state index is 12.2. The Morgan fingerprint density at radius 1 is 1.35 bits per heavy atom. The average molecular weight is 336 g/mol. The summed E-state index contributed by atoms with van der Waals surface area (Å²) in [6, 6.07) is 6.73. The van der Waals surface area contributed by atoms with Gasteiger partial charge in [0.1, 0.15) is 13.1 Å². The molecule has 2 aliphatic rings. The van der Waals surface area contributed by atoms with E-state index in [2.05, 4.69) is 5.32 Å². The number of imide groups is 1. The van der Waals surface area contributed by atoms with Gasteiger partial charge in [0.15, 0.2) is 0 Å². The highest BCUT2D eigenvalue weighted by Crippen LogP contribution is 2.30. The van der Waals surface area contributed by atoms with Gasteiger partial charge in [-0.05, 0) is 31.4 Å². The molecule has 1 unspecified atom stereocenters. The standard InChI is InChI=1S/C16H18ClN3O3/c1-10(12-4-2-3-5-13(12)17)18-14(21)8-20-15(22)9-19(16(20)23)11-6-7-11/h2-5,10-11H,6-9H2,1H3,(H,18,21). The number of nitrogens with one attached hydrogen (secondary N) is 1. The second-order valence-electron chi connectivity index (χ2n) is 5.93. The van der Waals surface area contributed by atoms with Gasteiger partial charge in [0.25, 0.3) is 5.91 Å². The molecule has 23 heavy (non-hydrogen) atoms. The smallest absolute Gasteiger partial charge is 0.327 e. The van der Waals surface area contributed by atoms with E-state index in [0.29, 0.717) is 5.02 Å². The lowest BCUT2D eigenvalue weighted by Gasteiger charge is -2.19. The lowest BCUT2D eigenvalue weighted by atomic mass is 10.1. The molecule has 0 radical (unpaired) electrons. The van der Waals surface area contributed by atoms with E-state index in [4.69, 9.17) is 11.6 Å². The third-order valence-corrected chi connectivity index (χ3v) is 4.47. The molecule has 1 saturated carbocycles. The van der Waals surface area contributed by atoms with Gasteiger partial charge < -0.3 is 10.2 Å². The van der Waals surface area contributed by atoms with E-state index in [1.165, 1.54) is 0 Å². The van der Waals surface area contributed by atoms with Gasteiger partial charge in [0, 0.05) is 11.1 Å². The van der Waals surface area contributed by atoms with Crippen molar-refractivity contribution in [3.63, 3.8) is 0 Å². The van der Waals surface area contributed by atoms with Crippen LogP contribution < -0.4 is 5.32 Å². The van der Waals surface area contributed by atoms with Gasteiger partial charge in [0.2, 0.25) is 5.91 Å². The number of urea groups is 1. The first-order chi connectivity index (χ1) is 11.0. The van der Waals surface area contributed by atoms with E-state index in [9.17, 15) is 14.4 Å². The molecule has 1 atom stereocenters. The molecule has 1 saturated heterocycles. The maximum Gasteiger partial charge on any atom is 0.327 e. The summed E-state index contributed by atoms with van der Waals surface area (Å²) in [6.07, 6.45) is 1.87. The zero-order valence-corrected chi connectivity index (χ0v) is 13.5. The van der Waals surface area contributed by atoms with Crippen LogP contribution in [0.4, 0.5) is 4.79 Å². The van der Waals surface area contributed by atoms with E-state index in [-0.39, 0.29) is 43.0 Å². The van der Waals surface area contributed by atoms with E-state index in [0.717, 1.165) is 23.3 Å². The summed E-state index contributed by atoms with van der Waals surface area (Å²) in [4.78, 5) is 38.8. The summed E-state index contributed by atoms with van der Waals surface area (Å²) in [5, 5.41) is 3.34. The van der Waals surface area contributed by atoms with Crippen LogP contribution in [-0.4, -0.2) is 46.8 Å². The van der Waals surface area contributed by atoms with Crippen LogP contribution in [0.1, 0.15) is 31.4 Å². The van der Waals surface area contributed by atoms with Crippen molar-refractivity contribution in [2.75, 3.05) is 13.1 Å². The molecule has 0 bridgehead atoms. The third-order valence-electron chi connectivity index (χ3n) is 4.12. The molecule has 1 N–H and O–H groups in total. The van der Waals surface area contributed by atoms with Crippen molar-refractivity contribution < 1.29 is 14.4 Å². The van der Waals surface area contributed by atoms with Crippen molar-refractivity contribution in [2.24, 2.45) is 0 Å². The summed E-state index contributed by atoms with van der Waals surface area (Å²) in [7, 11) is 0. The van der Waals surface area contributed by atoms with Crippen molar-refractivity contribution >= 4 is 29.4 Å². The van der Waals surface area contributed by atoms with Crippen molar-refractivity contribution in [1.29, 1.82) is 0 Å². The molecule has 0 aromatic heterocycles. The molecule has 0 spiro atoms. The predicted octanol–water partition coefficient (Wildman–Crippen LogP) is 1.94. The first-order valence-corrected chi connectivity index (χ1v) is 8.00. The van der Waals surface area contributed by atoms with E-state index < -0.39 is 0 Å². The zero-order chi connectivity index (χ0) is 16.6. The zero-order valence-electron chi connectivity index (χ0n) is 12.8. The Balaban J connectivity index is 1.60. The van der Waals surface area contributed by atoms with Crippen LogP contribution in [0.5, 0.6) is 0 Å². The van der Waals surface area contributed by atoms with Crippen LogP contribution in [0.25, 0.3) is 0 Å². The second kappa shape index (κ2) is 6.20. The maximum absolute atomic E-state index is 12.2. The topological polar surface area (TPSA) is 69.7 Å². The normalized spacial score (nSPS) is 19.2. The summed E-state index contributed by atoms with van der Waals surface area (Å²) in [6.45, 7) is 1.63. The Bertz CT molecular complexity index is 660. The lowest BCUT2D eigenvalue weighted by molar-refractivity contribution is -0.131. The number of hydrogen-bond donors (Lipinski definition) is 1. The molecule has 1 aliphatic carbocycles. The predicted molar refractivity (Wildman–Crippen MR) is 84.8 cm³/mol. The molecular formula is C16H18ClN3O3. The van der Waals surface area contributed by atoms with Gasteiger partial charge in [0.05, 0.1) is 6.04 Å². The fraction of sp³-hybridized carbons (Fsp3) is 0.438. The number of halogens is 1. The summed E-state index contributed by atoms with van der Waals surface area (Å²) >= 11 is 6.10. The van der Waals surface area contributed by atoms with Crippen LogP contribution in [0.3, 0.4) is 0 Å². The lowest BCUT2D eigenvalue weighted by Crippen LogP contribution is -2.42. The molecule has 3 rings (SSSR count). The fourth-order valence-corrected chi connectivity index (χ4v) is 3.02. The molecule has 122 valence electrons. The number of rotatable bonds is 5. The molecule has 6 nitrogen and oxygen atoms in total. The van der Waals surface area contributed by atoms with E-state index >= 15 is 0 Å². The summed E-state index contributed by atoms with van der Waals surface area (Å²) in [5.41, 5.74) is 0.793. The van der Waals surface area contributed by atoms with Crippen molar-refractivity contribution in [3.05, 3.63) is 34.9 Å². The Labute approximate surface area is 139 Å². The average Bonchev–Trinajstić information content (AvgIpc) is 3.30. The number of carbonyl (C=O) groups excluding carboxylic acids is 3. The molecule has 2 fully saturated rings. The number of benzene rings is 1. The second-order valence-corrected chi connectivity index (χ2v) is 6.34. The van der Waals surface area contributed by atoms with Gasteiger partial charge in [-0.15, -0.1) is 0 Å². The number of hydrogen-bond acceptors (Lipinski definition) is 3.